The van der Waals surface area contributed by atoms with Crippen LogP contribution in [0.15, 0.2) is 196 Å². The molecular formula is C42H24S12. The van der Waals surface area contributed by atoms with Gasteiger partial charge in [-0.1, -0.05) is 107 Å². The van der Waals surface area contributed by atoms with Gasteiger partial charge in [0.25, 0.3) is 0 Å². The zero-order valence-electron chi connectivity index (χ0n) is 27.8. The lowest BCUT2D eigenvalue weighted by molar-refractivity contribution is 1.26. The van der Waals surface area contributed by atoms with Crippen molar-refractivity contribution in [3.63, 3.8) is 0 Å². The fourth-order valence-corrected chi connectivity index (χ4v) is 17.5. The molecule has 0 nitrogen and oxygen atoms in total. The normalized spacial score (nSPS) is 11.8. The topological polar surface area (TPSA) is 0 Å². The summed E-state index contributed by atoms with van der Waals surface area (Å²) in [5.41, 5.74) is 0. The Morgan fingerprint density at radius 1 is 0.241 bits per heavy atom. The van der Waals surface area contributed by atoms with Crippen molar-refractivity contribution in [3.05, 3.63) is 141 Å². The Bertz CT molecular complexity index is 2260. The van der Waals surface area contributed by atoms with Crippen molar-refractivity contribution in [2.45, 2.75) is 54.6 Å². The summed E-state index contributed by atoms with van der Waals surface area (Å²) in [7, 11) is 0. The molecule has 0 bridgehead atoms. The molecule has 4 aromatic carbocycles. The fraction of sp³-hybridized carbons (Fsp3) is 0. The molecule has 12 heteroatoms. The highest BCUT2D eigenvalue weighted by Gasteiger charge is 2.21. The van der Waals surface area contributed by atoms with E-state index in [9.17, 15) is 0 Å². The van der Waals surface area contributed by atoms with E-state index in [0.29, 0.717) is 0 Å². The Kier molecular flexibility index (Phi) is 11.1. The van der Waals surface area contributed by atoms with Crippen LogP contribution in [0, 0.1) is 0 Å². The highest BCUT2D eigenvalue weighted by molar-refractivity contribution is 8.05. The maximum Gasteiger partial charge on any atom is 0.0646 e. The molecule has 6 heterocycles. The number of hydrogen-bond acceptors (Lipinski definition) is 12. The first-order valence-corrected chi connectivity index (χ1v) is 26.7. The largest absolute Gasteiger partial charge is 0.137 e. The van der Waals surface area contributed by atoms with E-state index in [4.69, 9.17) is 0 Å². The van der Waals surface area contributed by atoms with Gasteiger partial charge in [0, 0.05) is 29.4 Å². The molecule has 0 N–H and O–H groups in total. The highest BCUT2D eigenvalue weighted by Crippen LogP contribution is 2.52. The molecule has 10 rings (SSSR count). The Balaban J connectivity index is 1.28. The van der Waals surface area contributed by atoms with Gasteiger partial charge in [-0.05, 0) is 137 Å². The van der Waals surface area contributed by atoms with Gasteiger partial charge in [0.05, 0.1) is 25.3 Å². The average Bonchev–Trinajstić information content (AvgIpc) is 4.02. The number of hydrogen-bond donors (Lipinski definition) is 0. The molecule has 10 aromatic rings. The Morgan fingerprint density at radius 2 is 0.407 bits per heavy atom. The van der Waals surface area contributed by atoms with Gasteiger partial charge in [-0.25, -0.2) is 0 Å². The second-order valence-electron chi connectivity index (χ2n) is 11.7. The number of rotatable bonds is 12. The van der Waals surface area contributed by atoms with Gasteiger partial charge in [-0.15, -0.1) is 68.0 Å². The van der Waals surface area contributed by atoms with Crippen molar-refractivity contribution >= 4 is 171 Å². The van der Waals surface area contributed by atoms with E-state index in [-0.39, 0.29) is 0 Å². The zero-order valence-corrected chi connectivity index (χ0v) is 37.6. The summed E-state index contributed by atoms with van der Waals surface area (Å²) < 4.78 is 7.84. The Hall–Kier alpha value is -2.04. The molecule has 0 spiro atoms. The molecule has 0 atom stereocenters. The number of thiophene rings is 6. The summed E-state index contributed by atoms with van der Waals surface area (Å²) in [5.74, 6) is 0. The molecule has 54 heavy (non-hydrogen) atoms. The zero-order chi connectivity index (χ0) is 35.8. The van der Waals surface area contributed by atoms with E-state index in [2.05, 4.69) is 141 Å². The van der Waals surface area contributed by atoms with Crippen molar-refractivity contribution < 1.29 is 0 Å². The lowest BCUT2D eigenvalue weighted by Crippen LogP contribution is -1.91. The van der Waals surface area contributed by atoms with Gasteiger partial charge in [0.2, 0.25) is 0 Å². The standard InChI is InChI=1S/C42H24S12/c1-7-37(43-13-1)49-31-19-25-26(20-32(31)50-38-8-2-14-44-38)28-22-34(52-40-10-4-16-46-40)36(54-42-12-6-18-48-42)24-30(28)29-23-35(53-41-11-5-17-47-41)33(21-27(25)29)51-39-9-3-15-45-39/h1-24H. The summed E-state index contributed by atoms with van der Waals surface area (Å²) in [6.45, 7) is 0. The fourth-order valence-electron chi connectivity index (χ4n) is 6.08. The molecule has 0 saturated heterocycles. The van der Waals surface area contributed by atoms with Crippen LogP contribution in [0.2, 0.25) is 0 Å². The van der Waals surface area contributed by atoms with Crippen LogP contribution in [0.5, 0.6) is 0 Å². The van der Waals surface area contributed by atoms with Gasteiger partial charge in [0.15, 0.2) is 0 Å². The summed E-state index contributed by atoms with van der Waals surface area (Å²) >= 11 is 22.2. The number of fused-ring (bicyclic) bond motifs is 6. The van der Waals surface area contributed by atoms with Crippen molar-refractivity contribution in [1.29, 1.82) is 0 Å². The minimum Gasteiger partial charge on any atom is -0.137 e. The van der Waals surface area contributed by atoms with E-state index >= 15 is 0 Å². The van der Waals surface area contributed by atoms with E-state index < -0.39 is 0 Å². The molecule has 0 fully saturated rings. The summed E-state index contributed by atoms with van der Waals surface area (Å²) in [4.78, 5) is 7.79. The highest BCUT2D eigenvalue weighted by atomic mass is 32.2. The lowest BCUT2D eigenvalue weighted by Gasteiger charge is -2.19. The van der Waals surface area contributed by atoms with Crippen molar-refractivity contribution in [2.75, 3.05) is 0 Å². The van der Waals surface area contributed by atoms with Crippen LogP contribution < -0.4 is 0 Å². The van der Waals surface area contributed by atoms with Crippen molar-refractivity contribution in [1.82, 2.24) is 0 Å². The van der Waals surface area contributed by atoms with Crippen LogP contribution in [0.1, 0.15) is 0 Å². The van der Waals surface area contributed by atoms with Crippen LogP contribution in [0.3, 0.4) is 0 Å². The minimum absolute atomic E-state index is 1.30. The molecule has 0 aliphatic carbocycles. The first-order valence-electron chi connectivity index (χ1n) is 16.5. The van der Waals surface area contributed by atoms with E-state index in [1.54, 1.807) is 0 Å². The van der Waals surface area contributed by atoms with Crippen LogP contribution in [0.4, 0.5) is 0 Å². The second-order valence-corrected chi connectivity index (χ2v) is 25.5. The van der Waals surface area contributed by atoms with Crippen LogP contribution in [-0.4, -0.2) is 0 Å². The third kappa shape index (κ3) is 7.79. The molecule has 264 valence electrons. The predicted molar refractivity (Wildman–Crippen MR) is 250 cm³/mol. The molecule has 6 aromatic heterocycles. The summed E-state index contributed by atoms with van der Waals surface area (Å²) in [5, 5.41) is 20.9. The van der Waals surface area contributed by atoms with Crippen molar-refractivity contribution in [3.8, 4) is 0 Å². The van der Waals surface area contributed by atoms with Crippen molar-refractivity contribution in [2.24, 2.45) is 0 Å². The monoisotopic (exact) mass is 912 g/mol. The number of benzene rings is 4. The predicted octanol–water partition coefficient (Wildman–Crippen LogP) is 18.4. The average molecular weight is 913 g/mol. The Morgan fingerprint density at radius 3 is 0.537 bits per heavy atom. The van der Waals surface area contributed by atoms with E-state index in [1.807, 2.05) is 139 Å². The lowest BCUT2D eigenvalue weighted by atomic mass is 9.94. The third-order valence-corrected chi connectivity index (χ3v) is 21.3. The van der Waals surface area contributed by atoms with E-state index in [0.717, 1.165) is 0 Å². The molecule has 0 amide bonds. The quantitative estimate of drug-likeness (QED) is 0.111. The first-order chi connectivity index (χ1) is 26.7. The summed E-state index contributed by atoms with van der Waals surface area (Å²) in [6, 6.07) is 41.3. The van der Waals surface area contributed by atoms with Crippen LogP contribution in [0.25, 0.3) is 32.3 Å². The molecular weight excluding hydrogens is 889 g/mol. The SMILES string of the molecule is c1csc(Sc2cc3c4cc(Sc5cccs5)c(Sc5cccs5)cc4c4cc(Sc5cccs5)c(Sc5cccs5)cc4c3cc2Sc2cccs2)c1. The summed E-state index contributed by atoms with van der Waals surface area (Å²) in [6.07, 6.45) is 0. The van der Waals surface area contributed by atoms with Gasteiger partial charge in [-0.3, -0.25) is 0 Å². The third-order valence-electron chi connectivity index (χ3n) is 8.36. The molecule has 0 aliphatic heterocycles. The second kappa shape index (κ2) is 16.4. The van der Waals surface area contributed by atoms with E-state index in [1.165, 1.54) is 86.9 Å². The minimum atomic E-state index is 1.30. The molecule has 0 saturated carbocycles. The van der Waals surface area contributed by atoms with Crippen LogP contribution in [-0.2, 0) is 0 Å². The first kappa shape index (κ1) is 36.3. The Labute approximate surface area is 362 Å². The molecule has 0 radical (unpaired) electrons. The van der Waals surface area contributed by atoms with Gasteiger partial charge in [0.1, 0.15) is 0 Å². The van der Waals surface area contributed by atoms with Crippen LogP contribution >= 0.6 is 139 Å². The maximum absolute atomic E-state index is 2.49. The van der Waals surface area contributed by atoms with Gasteiger partial charge < -0.3 is 0 Å². The maximum atomic E-state index is 2.49. The van der Waals surface area contributed by atoms with Gasteiger partial charge >= 0.3 is 0 Å². The smallest absolute Gasteiger partial charge is 0.0646 e. The molecule has 0 aliphatic rings. The molecule has 0 unspecified atom stereocenters. The van der Waals surface area contributed by atoms with Gasteiger partial charge in [-0.2, -0.15) is 0 Å².